The van der Waals surface area contributed by atoms with Gasteiger partial charge >= 0.3 is 0 Å². The van der Waals surface area contributed by atoms with E-state index < -0.39 is 0 Å². The number of aryl methyl sites for hydroxylation is 1. The van der Waals surface area contributed by atoms with Gasteiger partial charge in [-0.15, -0.1) is 0 Å². The minimum absolute atomic E-state index is 0.272. The molecule has 0 saturated carbocycles. The lowest BCUT2D eigenvalue weighted by molar-refractivity contribution is 0.169. The minimum Gasteiger partial charge on any atom is -0.330 e. The first kappa shape index (κ1) is 15.1. The van der Waals surface area contributed by atoms with Crippen LogP contribution >= 0.6 is 0 Å². The molecule has 2 N–H and O–H groups in total. The van der Waals surface area contributed by atoms with Crippen LogP contribution in [0.2, 0.25) is 0 Å². The molecule has 0 fully saturated rings. The summed E-state index contributed by atoms with van der Waals surface area (Å²) in [5.74, 6) is 0. The van der Waals surface area contributed by atoms with Crippen molar-refractivity contribution in [2.24, 2.45) is 11.1 Å². The summed E-state index contributed by atoms with van der Waals surface area (Å²) in [7, 11) is 0. The van der Waals surface area contributed by atoms with E-state index in [0.29, 0.717) is 0 Å². The second-order valence-electron chi connectivity index (χ2n) is 5.78. The topological polar surface area (TPSA) is 42.2 Å². The third kappa shape index (κ3) is 5.15. The van der Waals surface area contributed by atoms with Gasteiger partial charge in [0.15, 0.2) is 0 Å². The molecule has 0 amide bonds. The molecule has 18 heavy (non-hydrogen) atoms. The van der Waals surface area contributed by atoms with Crippen LogP contribution in [0.1, 0.15) is 38.6 Å². The fraction of sp³-hybridized carbons (Fsp3) is 0.667. The van der Waals surface area contributed by atoms with Crippen molar-refractivity contribution >= 4 is 0 Å². The summed E-state index contributed by atoms with van der Waals surface area (Å²) in [5.41, 5.74) is 8.19. The number of nitrogens with zero attached hydrogens (tertiary/aromatic N) is 2. The standard InChI is InChI=1S/C15H27N3/c1-5-18(12-15(3,4)9-10-16)11-14-8-6-7-13(2)17-14/h6-8H,5,9-12,16H2,1-4H3. The Morgan fingerprint density at radius 2 is 2.06 bits per heavy atom. The summed E-state index contributed by atoms with van der Waals surface area (Å²) < 4.78 is 0. The molecule has 0 unspecified atom stereocenters. The molecule has 1 aromatic rings. The Morgan fingerprint density at radius 3 is 2.61 bits per heavy atom. The van der Waals surface area contributed by atoms with E-state index in [9.17, 15) is 0 Å². The molecule has 0 aliphatic carbocycles. The highest BCUT2D eigenvalue weighted by Gasteiger charge is 2.20. The molecule has 0 atom stereocenters. The second kappa shape index (κ2) is 6.86. The first-order chi connectivity index (χ1) is 8.46. The van der Waals surface area contributed by atoms with Gasteiger partial charge in [-0.05, 0) is 44.0 Å². The Bertz CT molecular complexity index is 361. The Kier molecular flexibility index (Phi) is 5.76. The van der Waals surface area contributed by atoms with Gasteiger partial charge < -0.3 is 5.73 Å². The molecule has 0 radical (unpaired) electrons. The molecule has 0 bridgehead atoms. The number of hydrogen-bond acceptors (Lipinski definition) is 3. The average Bonchev–Trinajstić information content (AvgIpc) is 2.27. The van der Waals surface area contributed by atoms with Gasteiger partial charge in [0.05, 0.1) is 5.69 Å². The van der Waals surface area contributed by atoms with Crippen LogP contribution in [0.4, 0.5) is 0 Å². The number of pyridine rings is 1. The minimum atomic E-state index is 0.272. The average molecular weight is 249 g/mol. The Hall–Kier alpha value is -0.930. The van der Waals surface area contributed by atoms with Crippen LogP contribution in [-0.4, -0.2) is 29.5 Å². The maximum atomic E-state index is 5.67. The Balaban J connectivity index is 2.62. The van der Waals surface area contributed by atoms with Crippen LogP contribution in [0.5, 0.6) is 0 Å². The highest BCUT2D eigenvalue weighted by molar-refractivity contribution is 5.09. The number of nitrogens with two attached hydrogens (primary N) is 1. The Morgan fingerprint density at radius 1 is 1.33 bits per heavy atom. The van der Waals surface area contributed by atoms with Crippen molar-refractivity contribution in [2.75, 3.05) is 19.6 Å². The highest BCUT2D eigenvalue weighted by atomic mass is 15.1. The fourth-order valence-corrected chi connectivity index (χ4v) is 2.27. The van der Waals surface area contributed by atoms with Crippen molar-refractivity contribution in [1.82, 2.24) is 9.88 Å². The largest absolute Gasteiger partial charge is 0.330 e. The summed E-state index contributed by atoms with van der Waals surface area (Å²) in [6, 6.07) is 6.22. The summed E-state index contributed by atoms with van der Waals surface area (Å²) in [6.45, 7) is 12.6. The van der Waals surface area contributed by atoms with Gasteiger partial charge in [-0.2, -0.15) is 0 Å². The van der Waals surface area contributed by atoms with Crippen LogP contribution in [0.3, 0.4) is 0 Å². The first-order valence-corrected chi connectivity index (χ1v) is 6.82. The third-order valence-electron chi connectivity index (χ3n) is 3.25. The van der Waals surface area contributed by atoms with Crippen LogP contribution in [0, 0.1) is 12.3 Å². The molecule has 0 aromatic carbocycles. The molecular weight excluding hydrogens is 222 g/mol. The molecule has 3 nitrogen and oxygen atoms in total. The predicted octanol–water partition coefficient (Wildman–Crippen LogP) is 2.59. The van der Waals surface area contributed by atoms with E-state index in [1.165, 1.54) is 0 Å². The zero-order valence-corrected chi connectivity index (χ0v) is 12.2. The SMILES string of the molecule is CCN(Cc1cccc(C)n1)CC(C)(C)CCN. The van der Waals surface area contributed by atoms with E-state index in [0.717, 1.165) is 44.0 Å². The van der Waals surface area contributed by atoms with E-state index in [-0.39, 0.29) is 5.41 Å². The van der Waals surface area contributed by atoms with Crippen LogP contribution in [0.25, 0.3) is 0 Å². The zero-order chi connectivity index (χ0) is 13.6. The lowest BCUT2D eigenvalue weighted by atomic mass is 9.88. The van der Waals surface area contributed by atoms with Crippen molar-refractivity contribution < 1.29 is 0 Å². The summed E-state index contributed by atoms with van der Waals surface area (Å²) >= 11 is 0. The highest BCUT2D eigenvalue weighted by Crippen LogP contribution is 2.21. The number of rotatable bonds is 7. The number of hydrogen-bond donors (Lipinski definition) is 1. The van der Waals surface area contributed by atoms with Gasteiger partial charge in [-0.1, -0.05) is 26.8 Å². The van der Waals surface area contributed by atoms with E-state index in [2.05, 4.69) is 42.8 Å². The Labute approximate surface area is 111 Å². The molecule has 1 aromatic heterocycles. The molecule has 1 heterocycles. The first-order valence-electron chi connectivity index (χ1n) is 6.82. The van der Waals surface area contributed by atoms with Crippen LogP contribution < -0.4 is 5.73 Å². The molecule has 0 aliphatic heterocycles. The normalized spacial score (nSPS) is 12.1. The van der Waals surface area contributed by atoms with Crippen molar-refractivity contribution in [1.29, 1.82) is 0 Å². The van der Waals surface area contributed by atoms with Crippen molar-refractivity contribution in [3.63, 3.8) is 0 Å². The summed E-state index contributed by atoms with van der Waals surface area (Å²) in [6.07, 6.45) is 1.06. The molecule has 1 rings (SSSR count). The third-order valence-corrected chi connectivity index (χ3v) is 3.25. The van der Waals surface area contributed by atoms with Crippen molar-refractivity contribution in [3.8, 4) is 0 Å². The van der Waals surface area contributed by atoms with Crippen molar-refractivity contribution in [3.05, 3.63) is 29.6 Å². The maximum Gasteiger partial charge on any atom is 0.0547 e. The second-order valence-corrected chi connectivity index (χ2v) is 5.78. The molecule has 0 saturated heterocycles. The van der Waals surface area contributed by atoms with E-state index >= 15 is 0 Å². The zero-order valence-electron chi connectivity index (χ0n) is 12.2. The molecule has 0 aliphatic rings. The van der Waals surface area contributed by atoms with Gasteiger partial charge in [-0.3, -0.25) is 9.88 Å². The quantitative estimate of drug-likeness (QED) is 0.807. The van der Waals surface area contributed by atoms with Gasteiger partial charge in [0.1, 0.15) is 0 Å². The smallest absolute Gasteiger partial charge is 0.0547 e. The molecular formula is C15H27N3. The van der Waals surface area contributed by atoms with E-state index in [1.807, 2.05) is 13.0 Å². The van der Waals surface area contributed by atoms with E-state index in [1.54, 1.807) is 0 Å². The molecule has 102 valence electrons. The maximum absolute atomic E-state index is 5.67. The summed E-state index contributed by atoms with van der Waals surface area (Å²) in [4.78, 5) is 7.01. The van der Waals surface area contributed by atoms with Gasteiger partial charge in [0.2, 0.25) is 0 Å². The lowest BCUT2D eigenvalue weighted by Gasteiger charge is -2.31. The molecule has 0 spiro atoms. The molecule has 3 heteroatoms. The van der Waals surface area contributed by atoms with Crippen LogP contribution in [-0.2, 0) is 6.54 Å². The van der Waals surface area contributed by atoms with E-state index in [4.69, 9.17) is 5.73 Å². The van der Waals surface area contributed by atoms with Crippen molar-refractivity contribution in [2.45, 2.75) is 40.7 Å². The van der Waals surface area contributed by atoms with Gasteiger partial charge in [0.25, 0.3) is 0 Å². The monoisotopic (exact) mass is 249 g/mol. The fourth-order valence-electron chi connectivity index (χ4n) is 2.27. The van der Waals surface area contributed by atoms with Gasteiger partial charge in [0, 0.05) is 18.8 Å². The van der Waals surface area contributed by atoms with Crippen LogP contribution in [0.15, 0.2) is 18.2 Å². The van der Waals surface area contributed by atoms with Gasteiger partial charge in [-0.25, -0.2) is 0 Å². The predicted molar refractivity (Wildman–Crippen MR) is 77.4 cm³/mol. The number of aromatic nitrogens is 1. The lowest BCUT2D eigenvalue weighted by Crippen LogP contribution is -2.35. The summed E-state index contributed by atoms with van der Waals surface area (Å²) in [5, 5.41) is 0.